The number of aromatic nitrogens is 1. The summed E-state index contributed by atoms with van der Waals surface area (Å²) in [5.41, 5.74) is 4.24. The maximum atomic E-state index is 12.8. The van der Waals surface area contributed by atoms with Crippen LogP contribution in [0.2, 0.25) is 0 Å². The van der Waals surface area contributed by atoms with Crippen LogP contribution in [0, 0.1) is 19.8 Å². The van der Waals surface area contributed by atoms with Gasteiger partial charge in [-0.15, -0.1) is 0 Å². The van der Waals surface area contributed by atoms with Crippen molar-refractivity contribution in [3.05, 3.63) is 58.0 Å². The Morgan fingerprint density at radius 1 is 1.09 bits per heavy atom. The Morgan fingerprint density at radius 2 is 1.77 bits per heavy atom. The van der Waals surface area contributed by atoms with Crippen molar-refractivity contribution >= 4 is 0 Å². The van der Waals surface area contributed by atoms with Crippen LogP contribution in [0.4, 0.5) is 0 Å². The minimum Gasteiger partial charge on any atom is -0.381 e. The zero-order valence-electron chi connectivity index (χ0n) is 13.3. The smallest absolute Gasteiger partial charge is 0.258 e. The molecule has 0 saturated carbocycles. The number of pyridine rings is 1. The summed E-state index contributed by atoms with van der Waals surface area (Å²) in [4.78, 5) is 12.8. The first-order valence-electron chi connectivity index (χ1n) is 7.99. The van der Waals surface area contributed by atoms with Gasteiger partial charge in [0.2, 0.25) is 0 Å². The molecule has 116 valence electrons. The lowest BCUT2D eigenvalue weighted by atomic mass is 9.99. The average molecular weight is 297 g/mol. The molecule has 1 aromatic carbocycles. The molecular formula is C19H23NO2. The Morgan fingerprint density at radius 3 is 2.45 bits per heavy atom. The highest BCUT2D eigenvalue weighted by Crippen LogP contribution is 2.20. The molecule has 3 heteroatoms. The summed E-state index contributed by atoms with van der Waals surface area (Å²) in [6, 6.07) is 10.2. The van der Waals surface area contributed by atoms with Crippen molar-refractivity contribution in [3.63, 3.8) is 0 Å². The molecule has 1 aromatic heterocycles. The second-order valence-electron chi connectivity index (χ2n) is 6.31. The monoisotopic (exact) mass is 297 g/mol. The normalized spacial score (nSPS) is 15.9. The Hall–Kier alpha value is -1.87. The number of rotatable bonds is 3. The minimum atomic E-state index is 0.112. The van der Waals surface area contributed by atoms with Crippen molar-refractivity contribution in [3.8, 4) is 11.1 Å². The molecule has 1 aliphatic rings. The topological polar surface area (TPSA) is 31.2 Å². The van der Waals surface area contributed by atoms with Crippen molar-refractivity contribution < 1.29 is 4.74 Å². The van der Waals surface area contributed by atoms with Crippen LogP contribution >= 0.6 is 0 Å². The number of aryl methyl sites for hydroxylation is 2. The zero-order valence-corrected chi connectivity index (χ0v) is 13.3. The molecule has 0 atom stereocenters. The van der Waals surface area contributed by atoms with Crippen LogP contribution < -0.4 is 5.56 Å². The summed E-state index contributed by atoms with van der Waals surface area (Å²) in [6.45, 7) is 6.54. The van der Waals surface area contributed by atoms with E-state index in [0.717, 1.165) is 49.3 Å². The minimum absolute atomic E-state index is 0.112. The van der Waals surface area contributed by atoms with Crippen molar-refractivity contribution in [2.45, 2.75) is 33.2 Å². The molecule has 1 saturated heterocycles. The Bertz CT molecular complexity index is 694. The molecule has 0 radical (unpaired) electrons. The van der Waals surface area contributed by atoms with Crippen LogP contribution in [0.3, 0.4) is 0 Å². The molecule has 1 fully saturated rings. The fraction of sp³-hybridized carbons (Fsp3) is 0.421. The van der Waals surface area contributed by atoms with Gasteiger partial charge in [-0.1, -0.05) is 29.8 Å². The van der Waals surface area contributed by atoms with E-state index in [0.29, 0.717) is 5.92 Å². The second kappa shape index (κ2) is 6.49. The van der Waals surface area contributed by atoms with E-state index in [1.807, 2.05) is 29.0 Å². The number of hydrogen-bond donors (Lipinski definition) is 0. The molecule has 0 aliphatic carbocycles. The highest BCUT2D eigenvalue weighted by Gasteiger charge is 2.16. The van der Waals surface area contributed by atoms with Gasteiger partial charge < -0.3 is 9.30 Å². The maximum absolute atomic E-state index is 12.8. The molecule has 0 spiro atoms. The summed E-state index contributed by atoms with van der Waals surface area (Å²) in [5.74, 6) is 0.541. The van der Waals surface area contributed by atoms with E-state index >= 15 is 0 Å². The highest BCUT2D eigenvalue weighted by molar-refractivity contribution is 5.63. The summed E-state index contributed by atoms with van der Waals surface area (Å²) in [7, 11) is 0. The van der Waals surface area contributed by atoms with E-state index in [1.54, 1.807) is 0 Å². The highest BCUT2D eigenvalue weighted by atomic mass is 16.5. The van der Waals surface area contributed by atoms with Crippen LogP contribution in [0.15, 0.2) is 41.3 Å². The summed E-state index contributed by atoms with van der Waals surface area (Å²) in [5, 5.41) is 0. The van der Waals surface area contributed by atoms with E-state index < -0.39 is 0 Å². The van der Waals surface area contributed by atoms with Crippen LogP contribution in [0.5, 0.6) is 0 Å². The maximum Gasteiger partial charge on any atom is 0.258 e. The van der Waals surface area contributed by atoms with Gasteiger partial charge in [0.05, 0.1) is 0 Å². The van der Waals surface area contributed by atoms with Gasteiger partial charge in [-0.2, -0.15) is 0 Å². The first-order chi connectivity index (χ1) is 10.6. The molecule has 0 amide bonds. The van der Waals surface area contributed by atoms with Gasteiger partial charge in [-0.25, -0.2) is 0 Å². The van der Waals surface area contributed by atoms with Gasteiger partial charge in [-0.3, -0.25) is 4.79 Å². The number of benzene rings is 1. The molecule has 0 unspecified atom stereocenters. The molecule has 2 aromatic rings. The van der Waals surface area contributed by atoms with E-state index in [9.17, 15) is 4.79 Å². The molecule has 3 nitrogen and oxygen atoms in total. The third kappa shape index (κ3) is 3.30. The zero-order chi connectivity index (χ0) is 15.5. The fourth-order valence-corrected chi connectivity index (χ4v) is 3.07. The van der Waals surface area contributed by atoms with Crippen molar-refractivity contribution in [2.24, 2.45) is 5.92 Å². The average Bonchev–Trinajstić information content (AvgIpc) is 2.52. The standard InChI is InChI=1S/C19H23NO2/c1-14-3-5-17(6-4-14)18-11-15(2)12-20(19(18)21)13-16-7-9-22-10-8-16/h3-6,11-12,16H,7-10,13H2,1-2H3. The predicted molar refractivity (Wildman–Crippen MR) is 89.2 cm³/mol. The first-order valence-corrected chi connectivity index (χ1v) is 7.99. The van der Waals surface area contributed by atoms with Gasteiger partial charge in [-0.05, 0) is 49.8 Å². The Balaban J connectivity index is 1.94. The Labute approximate surface area is 131 Å². The second-order valence-corrected chi connectivity index (χ2v) is 6.31. The van der Waals surface area contributed by atoms with Crippen LogP contribution in [-0.2, 0) is 11.3 Å². The fourth-order valence-electron chi connectivity index (χ4n) is 3.07. The van der Waals surface area contributed by atoms with E-state index in [1.165, 1.54) is 5.56 Å². The quantitative estimate of drug-likeness (QED) is 0.867. The van der Waals surface area contributed by atoms with Crippen molar-refractivity contribution in [2.75, 3.05) is 13.2 Å². The van der Waals surface area contributed by atoms with E-state index in [-0.39, 0.29) is 5.56 Å². The summed E-state index contributed by atoms with van der Waals surface area (Å²) >= 11 is 0. The van der Waals surface area contributed by atoms with Crippen molar-refractivity contribution in [1.29, 1.82) is 0 Å². The first kappa shape index (κ1) is 15.0. The summed E-state index contributed by atoms with van der Waals surface area (Å²) in [6.07, 6.45) is 4.07. The lowest BCUT2D eigenvalue weighted by Gasteiger charge is -2.23. The van der Waals surface area contributed by atoms with Crippen LogP contribution in [0.1, 0.15) is 24.0 Å². The Kier molecular flexibility index (Phi) is 4.44. The molecular weight excluding hydrogens is 274 g/mol. The lowest BCUT2D eigenvalue weighted by molar-refractivity contribution is 0.0609. The van der Waals surface area contributed by atoms with Gasteiger partial charge in [0.15, 0.2) is 0 Å². The number of ether oxygens (including phenoxy) is 1. The number of hydrogen-bond acceptors (Lipinski definition) is 2. The van der Waals surface area contributed by atoms with Gasteiger partial charge in [0.25, 0.3) is 5.56 Å². The largest absolute Gasteiger partial charge is 0.381 e. The van der Waals surface area contributed by atoms with Crippen molar-refractivity contribution in [1.82, 2.24) is 4.57 Å². The molecule has 2 heterocycles. The molecule has 0 bridgehead atoms. The van der Waals surface area contributed by atoms with Crippen LogP contribution in [-0.4, -0.2) is 17.8 Å². The molecule has 1 aliphatic heterocycles. The van der Waals surface area contributed by atoms with E-state index in [4.69, 9.17) is 4.74 Å². The molecule has 3 rings (SSSR count). The van der Waals surface area contributed by atoms with Gasteiger partial charge in [0, 0.05) is 31.5 Å². The SMILES string of the molecule is Cc1ccc(-c2cc(C)cn(CC3CCOCC3)c2=O)cc1. The molecule has 22 heavy (non-hydrogen) atoms. The molecule has 0 N–H and O–H groups in total. The van der Waals surface area contributed by atoms with Gasteiger partial charge >= 0.3 is 0 Å². The van der Waals surface area contributed by atoms with E-state index in [2.05, 4.69) is 26.0 Å². The number of nitrogens with zero attached hydrogens (tertiary/aromatic N) is 1. The third-order valence-corrected chi connectivity index (χ3v) is 4.38. The predicted octanol–water partition coefficient (Wildman–Crippen LogP) is 3.56. The van der Waals surface area contributed by atoms with Gasteiger partial charge in [0.1, 0.15) is 0 Å². The van der Waals surface area contributed by atoms with Crippen LogP contribution in [0.25, 0.3) is 11.1 Å². The third-order valence-electron chi connectivity index (χ3n) is 4.38. The summed E-state index contributed by atoms with van der Waals surface area (Å²) < 4.78 is 7.30. The lowest BCUT2D eigenvalue weighted by Crippen LogP contribution is -2.28.